The van der Waals surface area contributed by atoms with E-state index in [0.717, 1.165) is 18.5 Å². The highest BCUT2D eigenvalue weighted by Crippen LogP contribution is 2.21. The Morgan fingerprint density at radius 1 is 1.29 bits per heavy atom. The first-order valence-corrected chi connectivity index (χ1v) is 6.79. The van der Waals surface area contributed by atoms with Crippen molar-refractivity contribution >= 4 is 17.3 Å². The molecule has 0 spiro atoms. The molecule has 1 amide bonds. The van der Waals surface area contributed by atoms with Crippen LogP contribution in [0.25, 0.3) is 0 Å². The van der Waals surface area contributed by atoms with Gasteiger partial charge in [0.05, 0.1) is 11.3 Å². The van der Waals surface area contributed by atoms with Gasteiger partial charge in [0, 0.05) is 17.9 Å². The molecule has 0 bridgehead atoms. The minimum absolute atomic E-state index is 0.158. The maximum atomic E-state index is 12.0. The van der Waals surface area contributed by atoms with Gasteiger partial charge in [-0.05, 0) is 37.1 Å². The van der Waals surface area contributed by atoms with E-state index < -0.39 is 0 Å². The molecule has 0 radical (unpaired) electrons. The quantitative estimate of drug-likeness (QED) is 0.901. The summed E-state index contributed by atoms with van der Waals surface area (Å²) in [6, 6.07) is 13.1. The van der Waals surface area contributed by atoms with E-state index in [1.165, 1.54) is 0 Å². The highest BCUT2D eigenvalue weighted by atomic mass is 16.2. The Balaban J connectivity index is 1.79. The average Bonchev–Trinajstić information content (AvgIpc) is 3.32. The van der Waals surface area contributed by atoms with Crippen LogP contribution in [0.1, 0.15) is 28.9 Å². The minimum Gasteiger partial charge on any atom is -0.354 e. The lowest BCUT2D eigenvalue weighted by atomic mass is 10.2. The Labute approximate surface area is 122 Å². The standard InChI is InChI=1S/C16H14N4O/c17-10-11-3-1-2-4-14(11)19-13-7-8-18-15(9-13)16(21)20-12-5-6-12/h1-4,7-9,12H,5-6H2,(H,18,19)(H,20,21). The van der Waals surface area contributed by atoms with Crippen LogP contribution >= 0.6 is 0 Å². The molecule has 1 aliphatic carbocycles. The number of nitriles is 1. The Kier molecular flexibility index (Phi) is 3.52. The molecular weight excluding hydrogens is 264 g/mol. The van der Waals surface area contributed by atoms with Gasteiger partial charge in [-0.1, -0.05) is 12.1 Å². The van der Waals surface area contributed by atoms with Crippen molar-refractivity contribution in [2.75, 3.05) is 5.32 Å². The average molecular weight is 278 g/mol. The third kappa shape index (κ3) is 3.18. The number of carbonyl (C=O) groups excluding carboxylic acids is 1. The maximum Gasteiger partial charge on any atom is 0.270 e. The van der Waals surface area contributed by atoms with Crippen LogP contribution < -0.4 is 10.6 Å². The fourth-order valence-corrected chi connectivity index (χ4v) is 1.96. The number of benzene rings is 1. The summed E-state index contributed by atoms with van der Waals surface area (Å²) in [7, 11) is 0. The van der Waals surface area contributed by atoms with Gasteiger partial charge in [0.25, 0.3) is 5.91 Å². The number of hydrogen-bond donors (Lipinski definition) is 2. The van der Waals surface area contributed by atoms with Gasteiger partial charge in [0.15, 0.2) is 0 Å². The molecule has 0 saturated heterocycles. The molecule has 1 fully saturated rings. The van der Waals surface area contributed by atoms with Gasteiger partial charge >= 0.3 is 0 Å². The van der Waals surface area contributed by atoms with Gasteiger partial charge in [-0.15, -0.1) is 0 Å². The molecule has 0 unspecified atom stereocenters. The molecule has 1 aromatic carbocycles. The highest BCUT2D eigenvalue weighted by molar-refractivity contribution is 5.93. The summed E-state index contributed by atoms with van der Waals surface area (Å²) in [5, 5.41) is 15.1. The molecule has 21 heavy (non-hydrogen) atoms. The molecule has 1 aliphatic rings. The monoisotopic (exact) mass is 278 g/mol. The predicted molar refractivity (Wildman–Crippen MR) is 79.2 cm³/mol. The zero-order valence-electron chi connectivity index (χ0n) is 11.3. The van der Waals surface area contributed by atoms with Crippen LogP contribution in [0.3, 0.4) is 0 Å². The first kappa shape index (κ1) is 13.1. The van der Waals surface area contributed by atoms with Gasteiger partial charge in [0.2, 0.25) is 0 Å². The molecule has 1 heterocycles. The molecular formula is C16H14N4O. The lowest BCUT2D eigenvalue weighted by molar-refractivity contribution is 0.0946. The van der Waals surface area contributed by atoms with Crippen LogP contribution in [0.2, 0.25) is 0 Å². The predicted octanol–water partition coefficient (Wildman–Crippen LogP) is 2.59. The minimum atomic E-state index is -0.158. The maximum absolute atomic E-state index is 12.0. The number of nitrogens with one attached hydrogen (secondary N) is 2. The van der Waals surface area contributed by atoms with Crippen LogP contribution in [0.4, 0.5) is 11.4 Å². The van der Waals surface area contributed by atoms with Crippen molar-refractivity contribution in [2.45, 2.75) is 18.9 Å². The summed E-state index contributed by atoms with van der Waals surface area (Å²) in [6.07, 6.45) is 3.66. The van der Waals surface area contributed by atoms with E-state index in [4.69, 9.17) is 5.26 Å². The molecule has 1 saturated carbocycles. The van der Waals surface area contributed by atoms with Crippen LogP contribution in [0.5, 0.6) is 0 Å². The third-order valence-electron chi connectivity index (χ3n) is 3.23. The van der Waals surface area contributed by atoms with Crippen molar-refractivity contribution in [1.29, 1.82) is 5.26 Å². The van der Waals surface area contributed by atoms with E-state index >= 15 is 0 Å². The molecule has 0 atom stereocenters. The van der Waals surface area contributed by atoms with Crippen molar-refractivity contribution in [1.82, 2.24) is 10.3 Å². The van der Waals surface area contributed by atoms with Crippen molar-refractivity contribution in [3.63, 3.8) is 0 Å². The topological polar surface area (TPSA) is 77.8 Å². The number of pyridine rings is 1. The molecule has 2 aromatic rings. The number of nitrogens with zero attached hydrogens (tertiary/aromatic N) is 2. The molecule has 5 nitrogen and oxygen atoms in total. The Hall–Kier alpha value is -2.87. The van der Waals surface area contributed by atoms with E-state index in [2.05, 4.69) is 21.7 Å². The smallest absolute Gasteiger partial charge is 0.270 e. The molecule has 3 rings (SSSR count). The Morgan fingerprint density at radius 2 is 2.10 bits per heavy atom. The summed E-state index contributed by atoms with van der Waals surface area (Å²) < 4.78 is 0. The third-order valence-corrected chi connectivity index (χ3v) is 3.23. The SMILES string of the molecule is N#Cc1ccccc1Nc1ccnc(C(=O)NC2CC2)c1. The van der Waals surface area contributed by atoms with Gasteiger partial charge in [-0.2, -0.15) is 5.26 Å². The Morgan fingerprint density at radius 3 is 2.86 bits per heavy atom. The molecule has 5 heteroatoms. The van der Waals surface area contributed by atoms with E-state index in [1.54, 1.807) is 24.4 Å². The summed E-state index contributed by atoms with van der Waals surface area (Å²) in [5.41, 5.74) is 2.37. The van der Waals surface area contributed by atoms with E-state index in [-0.39, 0.29) is 5.91 Å². The van der Waals surface area contributed by atoms with Gasteiger partial charge in [0.1, 0.15) is 11.8 Å². The first-order valence-electron chi connectivity index (χ1n) is 6.79. The number of anilines is 2. The van der Waals surface area contributed by atoms with Crippen molar-refractivity contribution in [3.05, 3.63) is 53.9 Å². The second-order valence-corrected chi connectivity index (χ2v) is 4.96. The number of aromatic nitrogens is 1. The van der Waals surface area contributed by atoms with E-state index in [1.807, 2.05) is 18.2 Å². The molecule has 104 valence electrons. The van der Waals surface area contributed by atoms with Crippen molar-refractivity contribution in [3.8, 4) is 6.07 Å². The summed E-state index contributed by atoms with van der Waals surface area (Å²) in [6.45, 7) is 0. The molecule has 0 aliphatic heterocycles. The molecule has 1 aromatic heterocycles. The van der Waals surface area contributed by atoms with Gasteiger partial charge < -0.3 is 10.6 Å². The van der Waals surface area contributed by atoms with Gasteiger partial charge in [-0.25, -0.2) is 0 Å². The van der Waals surface area contributed by atoms with Crippen LogP contribution in [-0.2, 0) is 0 Å². The zero-order chi connectivity index (χ0) is 14.7. The number of para-hydroxylation sites is 1. The van der Waals surface area contributed by atoms with Crippen LogP contribution in [-0.4, -0.2) is 16.9 Å². The summed E-state index contributed by atoms with van der Waals surface area (Å²) in [4.78, 5) is 16.1. The number of rotatable bonds is 4. The van der Waals surface area contributed by atoms with E-state index in [0.29, 0.717) is 23.0 Å². The fraction of sp³-hybridized carbons (Fsp3) is 0.188. The second-order valence-electron chi connectivity index (χ2n) is 4.96. The van der Waals surface area contributed by atoms with Crippen molar-refractivity contribution in [2.24, 2.45) is 0 Å². The van der Waals surface area contributed by atoms with E-state index in [9.17, 15) is 4.79 Å². The molecule has 2 N–H and O–H groups in total. The summed E-state index contributed by atoms with van der Waals surface area (Å²) >= 11 is 0. The van der Waals surface area contributed by atoms with Crippen molar-refractivity contribution < 1.29 is 4.79 Å². The van der Waals surface area contributed by atoms with Gasteiger partial charge in [-0.3, -0.25) is 9.78 Å². The number of amides is 1. The number of carbonyl (C=O) groups is 1. The lowest BCUT2D eigenvalue weighted by Crippen LogP contribution is -2.26. The summed E-state index contributed by atoms with van der Waals surface area (Å²) in [5.74, 6) is -0.158. The highest BCUT2D eigenvalue weighted by Gasteiger charge is 2.24. The van der Waals surface area contributed by atoms with Crippen LogP contribution in [0.15, 0.2) is 42.6 Å². The fourth-order valence-electron chi connectivity index (χ4n) is 1.96. The second kappa shape index (κ2) is 5.63. The largest absolute Gasteiger partial charge is 0.354 e. The Bertz CT molecular complexity index is 716. The lowest BCUT2D eigenvalue weighted by Gasteiger charge is -2.09. The first-order chi connectivity index (χ1) is 10.3. The normalized spacial score (nSPS) is 13.3. The zero-order valence-corrected chi connectivity index (χ0v) is 11.3. The van der Waals surface area contributed by atoms with Crippen LogP contribution in [0, 0.1) is 11.3 Å². The number of hydrogen-bond acceptors (Lipinski definition) is 4.